The van der Waals surface area contributed by atoms with Crippen LogP contribution in [0.25, 0.3) is 0 Å². The highest BCUT2D eigenvalue weighted by molar-refractivity contribution is 7.89. The highest BCUT2D eigenvalue weighted by Gasteiger charge is 2.28. The number of aryl methyl sites for hydroxylation is 2. The van der Waals surface area contributed by atoms with E-state index in [1.165, 1.54) is 14.2 Å². The van der Waals surface area contributed by atoms with Crippen molar-refractivity contribution in [3.8, 4) is 5.75 Å². The maximum Gasteiger partial charge on any atom is 0.243 e. The molecule has 38 heavy (non-hydrogen) atoms. The molecule has 2 rings (SSSR count). The molecule has 1 aromatic carbocycles. The van der Waals surface area contributed by atoms with Gasteiger partial charge in [0.2, 0.25) is 21.8 Å². The molecular formula is C27H47N5O5S. The highest BCUT2D eigenvalue weighted by atomic mass is 32.2. The third kappa shape index (κ3) is 8.93. The van der Waals surface area contributed by atoms with E-state index >= 15 is 0 Å². The number of likely N-dealkylation sites (N-methyl/N-ethyl adjacent to an activating group) is 4. The van der Waals surface area contributed by atoms with E-state index in [4.69, 9.17) is 4.74 Å². The minimum Gasteiger partial charge on any atom is -0.497 e. The highest BCUT2D eigenvalue weighted by Crippen LogP contribution is 2.28. The summed E-state index contributed by atoms with van der Waals surface area (Å²) in [7, 11) is 7.11. The topological polar surface area (TPSA) is 102 Å². The Kier molecular flexibility index (Phi) is 12.0. The number of methoxy groups -OCH3 is 1. The van der Waals surface area contributed by atoms with Crippen LogP contribution in [0.2, 0.25) is 0 Å². The second kappa shape index (κ2) is 14.3. The molecule has 0 radical (unpaired) electrons. The van der Waals surface area contributed by atoms with Crippen LogP contribution < -0.4 is 10.1 Å². The van der Waals surface area contributed by atoms with E-state index in [0.29, 0.717) is 35.4 Å². The number of rotatable bonds is 13. The second-order valence-corrected chi connectivity index (χ2v) is 12.8. The van der Waals surface area contributed by atoms with Crippen LogP contribution in [0.4, 0.5) is 0 Å². The molecule has 0 unspecified atom stereocenters. The van der Waals surface area contributed by atoms with Crippen molar-refractivity contribution in [2.24, 2.45) is 5.92 Å². The Hall–Kier alpha value is -2.21. The number of ether oxygens (including phenoxy) is 1. The average Bonchev–Trinajstić information content (AvgIpc) is 2.85. The van der Waals surface area contributed by atoms with Gasteiger partial charge in [-0.15, -0.1) is 0 Å². The summed E-state index contributed by atoms with van der Waals surface area (Å²) in [5, 5.41) is 2.58. The van der Waals surface area contributed by atoms with Crippen molar-refractivity contribution >= 4 is 21.8 Å². The maximum absolute atomic E-state index is 13.1. The summed E-state index contributed by atoms with van der Waals surface area (Å²) >= 11 is 0. The first kappa shape index (κ1) is 32.0. The van der Waals surface area contributed by atoms with Crippen LogP contribution in [0.3, 0.4) is 0 Å². The Labute approximate surface area is 229 Å². The fraction of sp³-hybridized carbons (Fsp3) is 0.704. The van der Waals surface area contributed by atoms with Crippen LogP contribution in [-0.4, -0.2) is 120 Å². The lowest BCUT2D eigenvalue weighted by atomic mass is 9.85. The molecule has 0 aromatic heterocycles. The van der Waals surface area contributed by atoms with E-state index in [-0.39, 0.29) is 23.9 Å². The third-order valence-corrected chi connectivity index (χ3v) is 9.55. The lowest BCUT2D eigenvalue weighted by Gasteiger charge is -2.36. The molecule has 10 nitrogen and oxygen atoms in total. The predicted octanol–water partition coefficient (Wildman–Crippen LogP) is 1.56. The molecule has 11 heteroatoms. The van der Waals surface area contributed by atoms with E-state index in [1.54, 1.807) is 37.9 Å². The van der Waals surface area contributed by atoms with Gasteiger partial charge in [-0.25, -0.2) is 8.42 Å². The summed E-state index contributed by atoms with van der Waals surface area (Å²) in [6.07, 6.45) is 4.41. The number of carbonyl (C=O) groups is 2. The van der Waals surface area contributed by atoms with Gasteiger partial charge in [-0.2, -0.15) is 4.31 Å². The number of nitrogens with zero attached hydrogens (tertiary/aromatic N) is 4. The number of hydrogen-bond donors (Lipinski definition) is 1. The molecule has 0 heterocycles. The second-order valence-electron chi connectivity index (χ2n) is 10.9. The summed E-state index contributed by atoms with van der Waals surface area (Å²) in [6, 6.07) is 3.89. The van der Waals surface area contributed by atoms with Gasteiger partial charge in [-0.1, -0.05) is 0 Å². The molecule has 1 aliphatic rings. The van der Waals surface area contributed by atoms with E-state index in [0.717, 1.165) is 43.1 Å². The van der Waals surface area contributed by atoms with Gasteiger partial charge in [0.25, 0.3) is 0 Å². The smallest absolute Gasteiger partial charge is 0.243 e. The zero-order valence-electron chi connectivity index (χ0n) is 24.4. The normalized spacial score (nSPS) is 18.2. The number of carbonyl (C=O) groups excluding carboxylic acids is 2. The van der Waals surface area contributed by atoms with Gasteiger partial charge in [0, 0.05) is 39.8 Å². The van der Waals surface area contributed by atoms with Crippen LogP contribution in [-0.2, 0) is 19.6 Å². The molecule has 2 amide bonds. The van der Waals surface area contributed by atoms with Crippen LogP contribution in [0, 0.1) is 19.8 Å². The number of sulfonamides is 1. The van der Waals surface area contributed by atoms with Crippen molar-refractivity contribution in [2.45, 2.75) is 50.5 Å². The van der Waals surface area contributed by atoms with Crippen molar-refractivity contribution in [1.29, 1.82) is 0 Å². The SMILES string of the molecule is COc1cc(C)c(S(=O)(=O)N(C)CC(=O)NCC(=O)N(C)CC2CCC(N(C)CCN(C)C)CC2)c(C)c1. The van der Waals surface area contributed by atoms with Crippen molar-refractivity contribution in [2.75, 3.05) is 75.1 Å². The van der Waals surface area contributed by atoms with Gasteiger partial charge < -0.3 is 24.8 Å². The van der Waals surface area contributed by atoms with E-state index < -0.39 is 15.9 Å². The van der Waals surface area contributed by atoms with E-state index in [9.17, 15) is 18.0 Å². The first-order valence-corrected chi connectivity index (χ1v) is 14.7. The molecule has 0 spiro atoms. The van der Waals surface area contributed by atoms with Gasteiger partial charge in [-0.3, -0.25) is 9.59 Å². The maximum atomic E-state index is 13.1. The molecule has 1 aliphatic carbocycles. The Morgan fingerprint density at radius 2 is 1.55 bits per heavy atom. The van der Waals surface area contributed by atoms with E-state index in [2.05, 4.69) is 36.3 Å². The molecule has 0 atom stereocenters. The van der Waals surface area contributed by atoms with E-state index in [1.807, 2.05) is 0 Å². The quantitative estimate of drug-likeness (QED) is 0.396. The Morgan fingerprint density at radius 3 is 2.08 bits per heavy atom. The summed E-state index contributed by atoms with van der Waals surface area (Å²) < 4.78 is 32.5. The van der Waals surface area contributed by atoms with Crippen LogP contribution in [0.1, 0.15) is 36.8 Å². The lowest BCUT2D eigenvalue weighted by molar-refractivity contribution is -0.132. The third-order valence-electron chi connectivity index (χ3n) is 7.44. The molecule has 1 aromatic rings. The fourth-order valence-corrected chi connectivity index (χ4v) is 6.57. The number of hydrogen-bond acceptors (Lipinski definition) is 7. The van der Waals surface area contributed by atoms with Gasteiger partial charge in [0.1, 0.15) is 5.75 Å². The first-order valence-electron chi connectivity index (χ1n) is 13.2. The standard InChI is InChI=1S/C27H47N5O5S/c1-20-15-24(37-8)16-21(2)27(20)38(35,36)32(7)19-25(33)28-17-26(34)31(6)18-22-9-11-23(12-10-22)30(5)14-13-29(3)4/h15-16,22-23H,9-14,17-19H2,1-8H3,(H,28,33). The first-order chi connectivity index (χ1) is 17.8. The molecule has 1 fully saturated rings. The van der Waals surface area contributed by atoms with Gasteiger partial charge in [0.05, 0.1) is 25.1 Å². The summed E-state index contributed by atoms with van der Waals surface area (Å²) in [5.74, 6) is 0.312. The molecule has 0 aliphatic heterocycles. The van der Waals surface area contributed by atoms with Crippen molar-refractivity contribution in [3.63, 3.8) is 0 Å². The predicted molar refractivity (Wildman–Crippen MR) is 150 cm³/mol. The largest absolute Gasteiger partial charge is 0.497 e. The Balaban J connectivity index is 1.80. The number of amides is 2. The summed E-state index contributed by atoms with van der Waals surface area (Å²) in [4.78, 5) is 31.6. The molecule has 1 saturated carbocycles. The van der Waals surface area contributed by atoms with Gasteiger partial charge in [-0.05, 0) is 89.9 Å². The molecule has 0 saturated heterocycles. The molecular weight excluding hydrogens is 506 g/mol. The average molecular weight is 554 g/mol. The lowest BCUT2D eigenvalue weighted by Crippen LogP contribution is -2.45. The van der Waals surface area contributed by atoms with Gasteiger partial charge >= 0.3 is 0 Å². The van der Waals surface area contributed by atoms with Gasteiger partial charge in [0.15, 0.2) is 0 Å². The summed E-state index contributed by atoms with van der Waals surface area (Å²) in [5.41, 5.74) is 1.08. The number of nitrogens with one attached hydrogen (secondary N) is 1. The van der Waals surface area contributed by atoms with Crippen molar-refractivity contribution < 1.29 is 22.7 Å². The van der Waals surface area contributed by atoms with Crippen molar-refractivity contribution in [3.05, 3.63) is 23.3 Å². The molecule has 1 N–H and O–H groups in total. The van der Waals surface area contributed by atoms with Crippen molar-refractivity contribution in [1.82, 2.24) is 24.3 Å². The monoisotopic (exact) mass is 553 g/mol. The minimum absolute atomic E-state index is 0.156. The number of benzene rings is 1. The Bertz CT molecular complexity index is 1030. The fourth-order valence-electron chi connectivity index (χ4n) is 5.04. The molecule has 0 bridgehead atoms. The molecule has 216 valence electrons. The zero-order valence-corrected chi connectivity index (χ0v) is 25.2. The minimum atomic E-state index is -3.90. The van der Waals surface area contributed by atoms with Crippen LogP contribution in [0.15, 0.2) is 17.0 Å². The zero-order chi connectivity index (χ0) is 28.6. The van der Waals surface area contributed by atoms with Crippen LogP contribution in [0.5, 0.6) is 5.75 Å². The van der Waals surface area contributed by atoms with Crippen LogP contribution >= 0.6 is 0 Å². The summed E-state index contributed by atoms with van der Waals surface area (Å²) in [6.45, 7) is 5.61. The Morgan fingerprint density at radius 1 is 0.974 bits per heavy atom.